The zero-order valence-electron chi connectivity index (χ0n) is 12.5. The minimum Gasteiger partial charge on any atom is -0.359 e. The van der Waals surface area contributed by atoms with Crippen LogP contribution in [0.1, 0.15) is 18.5 Å². The van der Waals surface area contributed by atoms with Gasteiger partial charge in [0.1, 0.15) is 0 Å². The molecule has 5 heteroatoms. The first-order valence-electron chi connectivity index (χ1n) is 7.09. The van der Waals surface area contributed by atoms with Crippen molar-refractivity contribution in [1.29, 1.82) is 0 Å². The van der Waals surface area contributed by atoms with Crippen LogP contribution in [0.15, 0.2) is 40.9 Å². The maximum Gasteiger partial charge on any atom is 0.219 e. The summed E-state index contributed by atoms with van der Waals surface area (Å²) in [5.74, 6) is 0.862. The number of hydrogen-bond donors (Lipinski definition) is 1. The van der Waals surface area contributed by atoms with Gasteiger partial charge in [0.15, 0.2) is 5.76 Å². The lowest BCUT2D eigenvalue weighted by Gasteiger charge is -2.14. The minimum atomic E-state index is 0.0798. The monoisotopic (exact) mass is 287 g/mol. The van der Waals surface area contributed by atoms with E-state index in [0.29, 0.717) is 13.0 Å². The van der Waals surface area contributed by atoms with Crippen LogP contribution in [-0.2, 0) is 11.3 Å². The molecule has 0 bridgehead atoms. The van der Waals surface area contributed by atoms with E-state index in [4.69, 9.17) is 4.52 Å². The Bertz CT molecular complexity index is 566. The molecule has 0 aliphatic heterocycles. The number of rotatable bonds is 7. The number of carbonyl (C=O) groups excluding carboxylic acids is 1. The molecule has 0 unspecified atom stereocenters. The Morgan fingerprint density at radius 1 is 1.33 bits per heavy atom. The van der Waals surface area contributed by atoms with E-state index in [9.17, 15) is 4.79 Å². The summed E-state index contributed by atoms with van der Waals surface area (Å²) in [5, 5.41) is 6.72. The number of aromatic nitrogens is 1. The summed E-state index contributed by atoms with van der Waals surface area (Å²) in [6, 6.07) is 11.9. The van der Waals surface area contributed by atoms with E-state index < -0.39 is 0 Å². The normalized spacial score (nSPS) is 10.8. The van der Waals surface area contributed by atoms with Crippen LogP contribution in [0.25, 0.3) is 11.3 Å². The van der Waals surface area contributed by atoms with E-state index in [1.807, 2.05) is 43.4 Å². The molecule has 112 valence electrons. The van der Waals surface area contributed by atoms with Gasteiger partial charge in [-0.15, -0.1) is 0 Å². The van der Waals surface area contributed by atoms with Crippen molar-refractivity contribution < 1.29 is 9.32 Å². The maximum absolute atomic E-state index is 11.2. The van der Waals surface area contributed by atoms with Gasteiger partial charge in [0.25, 0.3) is 0 Å². The van der Waals surface area contributed by atoms with E-state index in [1.54, 1.807) is 7.05 Å². The predicted molar refractivity (Wildman–Crippen MR) is 81.6 cm³/mol. The summed E-state index contributed by atoms with van der Waals surface area (Å²) in [4.78, 5) is 13.3. The molecule has 2 rings (SSSR count). The third kappa shape index (κ3) is 4.72. The summed E-state index contributed by atoms with van der Waals surface area (Å²) in [5.41, 5.74) is 1.93. The first kappa shape index (κ1) is 15.3. The van der Waals surface area contributed by atoms with Crippen LogP contribution in [0.2, 0.25) is 0 Å². The highest BCUT2D eigenvalue weighted by molar-refractivity contribution is 5.75. The second-order valence-electron chi connectivity index (χ2n) is 5.06. The van der Waals surface area contributed by atoms with Gasteiger partial charge in [-0.2, -0.15) is 0 Å². The van der Waals surface area contributed by atoms with Crippen molar-refractivity contribution in [3.8, 4) is 11.3 Å². The molecule has 1 aromatic carbocycles. The molecule has 1 heterocycles. The molecule has 0 spiro atoms. The van der Waals surface area contributed by atoms with Crippen LogP contribution in [0.3, 0.4) is 0 Å². The molecule has 0 radical (unpaired) electrons. The molecule has 0 saturated heterocycles. The molecule has 0 atom stereocenters. The van der Waals surface area contributed by atoms with Crippen molar-refractivity contribution >= 4 is 5.91 Å². The summed E-state index contributed by atoms with van der Waals surface area (Å²) in [6.45, 7) is 1.56. The number of nitrogens with one attached hydrogen (secondary N) is 1. The number of amides is 1. The van der Waals surface area contributed by atoms with Crippen LogP contribution >= 0.6 is 0 Å². The van der Waals surface area contributed by atoms with Gasteiger partial charge in [0, 0.05) is 31.6 Å². The molecular weight excluding hydrogens is 266 g/mol. The molecule has 21 heavy (non-hydrogen) atoms. The Labute approximate surface area is 124 Å². The summed E-state index contributed by atoms with van der Waals surface area (Å²) in [6.07, 6.45) is 1.38. The largest absolute Gasteiger partial charge is 0.359 e. The van der Waals surface area contributed by atoms with Gasteiger partial charge >= 0.3 is 0 Å². The predicted octanol–water partition coefficient (Wildman–Crippen LogP) is 2.30. The lowest BCUT2D eigenvalue weighted by atomic mass is 10.1. The number of carbonyl (C=O) groups is 1. The van der Waals surface area contributed by atoms with Gasteiger partial charge in [-0.25, -0.2) is 0 Å². The van der Waals surface area contributed by atoms with E-state index in [0.717, 1.165) is 30.0 Å². The fraction of sp³-hybridized carbons (Fsp3) is 0.375. The lowest BCUT2D eigenvalue weighted by molar-refractivity contribution is -0.120. The topological polar surface area (TPSA) is 58.4 Å². The van der Waals surface area contributed by atoms with Crippen molar-refractivity contribution in [3.05, 3.63) is 42.1 Å². The van der Waals surface area contributed by atoms with Crippen LogP contribution in [0.5, 0.6) is 0 Å². The highest BCUT2D eigenvalue weighted by Gasteiger charge is 2.09. The number of nitrogens with zero attached hydrogens (tertiary/aromatic N) is 2. The van der Waals surface area contributed by atoms with Gasteiger partial charge in [-0.05, 0) is 20.0 Å². The molecule has 2 aromatic rings. The Morgan fingerprint density at radius 3 is 2.81 bits per heavy atom. The summed E-state index contributed by atoms with van der Waals surface area (Å²) < 4.78 is 5.37. The lowest BCUT2D eigenvalue weighted by Crippen LogP contribution is -2.22. The second-order valence-corrected chi connectivity index (χ2v) is 5.06. The van der Waals surface area contributed by atoms with Gasteiger partial charge in [0.05, 0.1) is 5.69 Å². The molecule has 0 aliphatic carbocycles. The Kier molecular flexibility index (Phi) is 5.51. The third-order valence-corrected chi connectivity index (χ3v) is 3.27. The minimum absolute atomic E-state index is 0.0798. The average Bonchev–Trinajstić information content (AvgIpc) is 2.96. The average molecular weight is 287 g/mol. The van der Waals surface area contributed by atoms with Gasteiger partial charge < -0.3 is 14.7 Å². The zero-order valence-corrected chi connectivity index (χ0v) is 12.5. The highest BCUT2D eigenvalue weighted by Crippen LogP contribution is 2.20. The molecule has 1 aromatic heterocycles. The zero-order chi connectivity index (χ0) is 15.1. The molecular formula is C16H21N3O2. The fourth-order valence-electron chi connectivity index (χ4n) is 2.11. The van der Waals surface area contributed by atoms with E-state index >= 15 is 0 Å². The SMILES string of the molecule is CNC(=O)CCCN(C)Cc1cc(-c2ccccc2)on1. The number of benzene rings is 1. The Morgan fingerprint density at radius 2 is 2.10 bits per heavy atom. The summed E-state index contributed by atoms with van der Waals surface area (Å²) in [7, 11) is 3.67. The molecule has 0 saturated carbocycles. The second kappa shape index (κ2) is 7.59. The summed E-state index contributed by atoms with van der Waals surface area (Å²) >= 11 is 0. The molecule has 0 aliphatic rings. The molecule has 1 N–H and O–H groups in total. The van der Waals surface area contributed by atoms with Crippen LogP contribution in [0.4, 0.5) is 0 Å². The van der Waals surface area contributed by atoms with Gasteiger partial charge in [-0.1, -0.05) is 35.5 Å². The third-order valence-electron chi connectivity index (χ3n) is 3.27. The molecule has 1 amide bonds. The number of hydrogen-bond acceptors (Lipinski definition) is 4. The van der Waals surface area contributed by atoms with E-state index in [-0.39, 0.29) is 5.91 Å². The maximum atomic E-state index is 11.2. The Hall–Kier alpha value is -2.14. The molecule has 0 fully saturated rings. The van der Waals surface area contributed by atoms with Gasteiger partial charge in [0.2, 0.25) is 5.91 Å². The van der Waals surface area contributed by atoms with Crippen molar-refractivity contribution in [3.63, 3.8) is 0 Å². The van der Waals surface area contributed by atoms with E-state index in [1.165, 1.54) is 0 Å². The van der Waals surface area contributed by atoms with Crippen LogP contribution < -0.4 is 5.32 Å². The van der Waals surface area contributed by atoms with Crippen molar-refractivity contribution in [1.82, 2.24) is 15.4 Å². The van der Waals surface area contributed by atoms with E-state index in [2.05, 4.69) is 15.4 Å². The van der Waals surface area contributed by atoms with Crippen LogP contribution in [-0.4, -0.2) is 36.6 Å². The first-order valence-corrected chi connectivity index (χ1v) is 7.09. The highest BCUT2D eigenvalue weighted by atomic mass is 16.5. The smallest absolute Gasteiger partial charge is 0.219 e. The fourth-order valence-corrected chi connectivity index (χ4v) is 2.11. The molecule has 5 nitrogen and oxygen atoms in total. The van der Waals surface area contributed by atoms with Crippen LogP contribution in [0, 0.1) is 0 Å². The van der Waals surface area contributed by atoms with Gasteiger partial charge in [-0.3, -0.25) is 4.79 Å². The standard InChI is InChI=1S/C16H21N3O2/c1-17-16(20)9-6-10-19(2)12-14-11-15(21-18-14)13-7-4-3-5-8-13/h3-5,7-8,11H,6,9-10,12H2,1-2H3,(H,17,20). The van der Waals surface area contributed by atoms with Crippen molar-refractivity contribution in [2.75, 3.05) is 20.6 Å². The first-order chi connectivity index (χ1) is 10.2. The Balaban J connectivity index is 1.83. The van der Waals surface area contributed by atoms with Crippen molar-refractivity contribution in [2.24, 2.45) is 0 Å². The quantitative estimate of drug-likeness (QED) is 0.849. The van der Waals surface area contributed by atoms with Crippen molar-refractivity contribution in [2.45, 2.75) is 19.4 Å².